The summed E-state index contributed by atoms with van der Waals surface area (Å²) in [6.45, 7) is 6.71. The van der Waals surface area contributed by atoms with E-state index in [0.717, 1.165) is 30.7 Å². The molecule has 2 bridgehead atoms. The Hall–Kier alpha value is -1.78. The van der Waals surface area contributed by atoms with Gasteiger partial charge in [-0.1, -0.05) is 20.8 Å². The summed E-state index contributed by atoms with van der Waals surface area (Å²) in [4.78, 5) is 12.0. The minimum Gasteiger partial charge on any atom is -0.267 e. The van der Waals surface area contributed by atoms with Gasteiger partial charge in [0.1, 0.15) is 0 Å². The normalized spacial score (nSPS) is 30.8. The highest BCUT2D eigenvalue weighted by molar-refractivity contribution is 5.98. The van der Waals surface area contributed by atoms with E-state index in [4.69, 9.17) is 0 Å². The first-order chi connectivity index (χ1) is 10.3. The number of rotatable bonds is 2. The lowest BCUT2D eigenvalue weighted by Gasteiger charge is -2.34. The van der Waals surface area contributed by atoms with Crippen molar-refractivity contribution < 1.29 is 13.6 Å². The lowest BCUT2D eigenvalue weighted by molar-refractivity contribution is 0.0953. The van der Waals surface area contributed by atoms with Gasteiger partial charge in [0.2, 0.25) is 0 Å². The van der Waals surface area contributed by atoms with E-state index in [2.05, 4.69) is 31.3 Å². The van der Waals surface area contributed by atoms with Crippen molar-refractivity contribution in [2.24, 2.45) is 21.8 Å². The van der Waals surface area contributed by atoms with Crippen LogP contribution in [0.15, 0.2) is 23.3 Å². The van der Waals surface area contributed by atoms with E-state index < -0.39 is 17.5 Å². The van der Waals surface area contributed by atoms with Gasteiger partial charge in [-0.3, -0.25) is 4.79 Å². The molecule has 5 heteroatoms. The topological polar surface area (TPSA) is 41.5 Å². The Kier molecular flexibility index (Phi) is 3.34. The van der Waals surface area contributed by atoms with E-state index in [1.807, 2.05) is 0 Å². The second-order valence-electron chi connectivity index (χ2n) is 7.12. The van der Waals surface area contributed by atoms with E-state index in [-0.39, 0.29) is 16.4 Å². The van der Waals surface area contributed by atoms with E-state index >= 15 is 0 Å². The zero-order valence-corrected chi connectivity index (χ0v) is 13.0. The standard InChI is InChI=1S/C17H20F2N2O/c1-16(2)11-6-7-17(16,3)14(9-11)20-21-15(22)10-4-5-12(18)13(19)8-10/h4-5,8,11H,6-7,9H2,1-3H3,(H,21,22)/b20-14+/t11-,17-/m1/s1. The molecule has 118 valence electrons. The van der Waals surface area contributed by atoms with E-state index in [1.165, 1.54) is 12.5 Å². The highest BCUT2D eigenvalue weighted by Gasteiger charge is 2.59. The largest absolute Gasteiger partial charge is 0.271 e. The summed E-state index contributed by atoms with van der Waals surface area (Å²) in [5, 5.41) is 4.30. The molecule has 0 aromatic heterocycles. The Morgan fingerprint density at radius 3 is 2.55 bits per heavy atom. The van der Waals surface area contributed by atoms with Crippen LogP contribution in [0.2, 0.25) is 0 Å². The van der Waals surface area contributed by atoms with Gasteiger partial charge in [-0.25, -0.2) is 14.2 Å². The zero-order chi connectivity index (χ0) is 16.1. The Balaban J connectivity index is 1.78. The van der Waals surface area contributed by atoms with Crippen LogP contribution >= 0.6 is 0 Å². The zero-order valence-electron chi connectivity index (χ0n) is 13.0. The van der Waals surface area contributed by atoms with Gasteiger partial charge in [-0.05, 0) is 48.8 Å². The lowest BCUT2D eigenvalue weighted by Crippen LogP contribution is -2.34. The Labute approximate surface area is 128 Å². The maximum Gasteiger partial charge on any atom is 0.271 e. The van der Waals surface area contributed by atoms with Crippen LogP contribution < -0.4 is 5.43 Å². The summed E-state index contributed by atoms with van der Waals surface area (Å²) in [6, 6.07) is 3.08. The van der Waals surface area contributed by atoms with E-state index in [0.29, 0.717) is 5.92 Å². The summed E-state index contributed by atoms with van der Waals surface area (Å²) < 4.78 is 26.1. The number of benzene rings is 1. The van der Waals surface area contributed by atoms with Crippen LogP contribution in [0.4, 0.5) is 8.78 Å². The molecule has 0 spiro atoms. The van der Waals surface area contributed by atoms with Crippen molar-refractivity contribution in [2.75, 3.05) is 0 Å². The molecule has 2 fully saturated rings. The van der Waals surface area contributed by atoms with Gasteiger partial charge in [0.05, 0.1) is 0 Å². The van der Waals surface area contributed by atoms with Crippen molar-refractivity contribution in [3.8, 4) is 0 Å². The van der Waals surface area contributed by atoms with Gasteiger partial charge in [0.15, 0.2) is 11.6 Å². The smallest absolute Gasteiger partial charge is 0.267 e. The molecule has 2 aliphatic carbocycles. The summed E-state index contributed by atoms with van der Waals surface area (Å²) >= 11 is 0. The number of fused-ring (bicyclic) bond motifs is 2. The third-order valence-corrected chi connectivity index (χ3v) is 5.99. The van der Waals surface area contributed by atoms with Crippen LogP contribution in [0.1, 0.15) is 50.4 Å². The number of hydrogen-bond donors (Lipinski definition) is 1. The van der Waals surface area contributed by atoms with E-state index in [9.17, 15) is 13.6 Å². The lowest BCUT2D eigenvalue weighted by atomic mass is 9.70. The third kappa shape index (κ3) is 2.06. The molecule has 1 aromatic rings. The Morgan fingerprint density at radius 1 is 1.27 bits per heavy atom. The third-order valence-electron chi connectivity index (χ3n) is 5.99. The predicted octanol–water partition coefficient (Wildman–Crippen LogP) is 3.90. The van der Waals surface area contributed by atoms with Crippen LogP contribution in [0, 0.1) is 28.4 Å². The van der Waals surface area contributed by atoms with Crippen molar-refractivity contribution in [1.29, 1.82) is 0 Å². The molecular formula is C17H20F2N2O. The molecular weight excluding hydrogens is 286 g/mol. The van der Waals surface area contributed by atoms with Crippen molar-refractivity contribution in [3.05, 3.63) is 35.4 Å². The maximum atomic E-state index is 13.2. The van der Waals surface area contributed by atoms with Crippen LogP contribution in [0.3, 0.4) is 0 Å². The molecule has 0 radical (unpaired) electrons. The molecule has 3 rings (SSSR count). The number of amides is 1. The van der Waals surface area contributed by atoms with Gasteiger partial charge in [-0.15, -0.1) is 0 Å². The SMILES string of the molecule is CC1(C)[C@@H]2CC[C@]1(C)/C(=N/NC(=O)c1ccc(F)c(F)c1)C2. The first kappa shape index (κ1) is 15.1. The molecule has 0 heterocycles. The summed E-state index contributed by atoms with van der Waals surface area (Å²) in [5.41, 5.74) is 3.74. The summed E-state index contributed by atoms with van der Waals surface area (Å²) in [6.07, 6.45) is 3.16. The first-order valence-corrected chi connectivity index (χ1v) is 7.58. The number of carbonyl (C=O) groups is 1. The molecule has 1 amide bonds. The number of hydrogen-bond acceptors (Lipinski definition) is 2. The highest BCUT2D eigenvalue weighted by atomic mass is 19.2. The highest BCUT2D eigenvalue weighted by Crippen LogP contribution is 2.63. The van der Waals surface area contributed by atoms with Gasteiger partial charge in [-0.2, -0.15) is 5.10 Å². The Bertz CT molecular complexity index is 669. The molecule has 2 saturated carbocycles. The van der Waals surface area contributed by atoms with Crippen LogP contribution in [0.5, 0.6) is 0 Å². The average Bonchev–Trinajstić information content (AvgIpc) is 2.80. The maximum absolute atomic E-state index is 13.2. The molecule has 1 N–H and O–H groups in total. The summed E-state index contributed by atoms with van der Waals surface area (Å²) in [5.74, 6) is -1.93. The van der Waals surface area contributed by atoms with Crippen molar-refractivity contribution in [1.82, 2.24) is 5.43 Å². The van der Waals surface area contributed by atoms with Crippen molar-refractivity contribution >= 4 is 11.6 Å². The predicted molar refractivity (Wildman–Crippen MR) is 80.5 cm³/mol. The molecule has 2 aliphatic rings. The molecule has 0 saturated heterocycles. The molecule has 0 aliphatic heterocycles. The second kappa shape index (κ2) is 4.86. The number of nitrogens with one attached hydrogen (secondary N) is 1. The number of nitrogens with zero attached hydrogens (tertiary/aromatic N) is 1. The number of hydrazone groups is 1. The van der Waals surface area contributed by atoms with Crippen molar-refractivity contribution in [3.63, 3.8) is 0 Å². The number of carbonyl (C=O) groups excluding carboxylic acids is 1. The molecule has 0 unspecified atom stereocenters. The van der Waals surface area contributed by atoms with E-state index in [1.54, 1.807) is 0 Å². The van der Waals surface area contributed by atoms with Gasteiger partial charge in [0.25, 0.3) is 5.91 Å². The van der Waals surface area contributed by atoms with Gasteiger partial charge in [0, 0.05) is 16.7 Å². The van der Waals surface area contributed by atoms with Gasteiger partial charge < -0.3 is 0 Å². The quantitative estimate of drug-likeness (QED) is 0.827. The fourth-order valence-electron chi connectivity index (χ4n) is 3.92. The average molecular weight is 306 g/mol. The summed E-state index contributed by atoms with van der Waals surface area (Å²) in [7, 11) is 0. The van der Waals surface area contributed by atoms with Gasteiger partial charge >= 0.3 is 0 Å². The minimum atomic E-state index is -1.03. The Morgan fingerprint density at radius 2 is 2.00 bits per heavy atom. The van der Waals surface area contributed by atoms with Crippen molar-refractivity contribution in [2.45, 2.75) is 40.0 Å². The second-order valence-corrected chi connectivity index (χ2v) is 7.12. The van der Waals surface area contributed by atoms with Crippen LogP contribution in [-0.2, 0) is 0 Å². The minimum absolute atomic E-state index is 0.000999. The number of halogens is 2. The fourth-order valence-corrected chi connectivity index (χ4v) is 3.92. The first-order valence-electron chi connectivity index (χ1n) is 7.58. The monoisotopic (exact) mass is 306 g/mol. The van der Waals surface area contributed by atoms with Crippen LogP contribution in [-0.4, -0.2) is 11.6 Å². The molecule has 22 heavy (non-hydrogen) atoms. The molecule has 2 atom stereocenters. The molecule has 1 aromatic carbocycles. The molecule has 3 nitrogen and oxygen atoms in total. The fraction of sp³-hybridized carbons (Fsp3) is 0.529. The van der Waals surface area contributed by atoms with Crippen LogP contribution in [0.25, 0.3) is 0 Å².